The summed E-state index contributed by atoms with van der Waals surface area (Å²) in [5.41, 5.74) is 14.2. The molecule has 5 heterocycles. The Labute approximate surface area is 385 Å². The van der Waals surface area contributed by atoms with Gasteiger partial charge in [-0.15, -0.1) is 0 Å². The van der Waals surface area contributed by atoms with Crippen LogP contribution in [-0.4, -0.2) is 68.8 Å². The molecule has 2 aliphatic rings. The summed E-state index contributed by atoms with van der Waals surface area (Å²) in [7, 11) is -0.375. The summed E-state index contributed by atoms with van der Waals surface area (Å²) in [6, 6.07) is 41.7. The van der Waals surface area contributed by atoms with E-state index in [1.165, 1.54) is 21.5 Å². The number of amides is 1. The van der Waals surface area contributed by atoms with Crippen LogP contribution in [0.3, 0.4) is 0 Å². The molecule has 0 spiro atoms. The molecule has 65 heavy (non-hydrogen) atoms. The number of aliphatic hydroxyl groups is 1. The van der Waals surface area contributed by atoms with E-state index in [0.717, 1.165) is 98.1 Å². The second kappa shape index (κ2) is 20.2. The maximum atomic E-state index is 13.8. The van der Waals surface area contributed by atoms with Crippen molar-refractivity contribution in [2.45, 2.75) is 92.1 Å². The van der Waals surface area contributed by atoms with E-state index < -0.39 is 7.26 Å². The standard InChI is InChI=1S/C56H66N5O3P/c1-8-45-38(3)51-35-54-47(36-62)40(5)50(59-54)34-52-39(4)46(56(60-52)41(6)49-32-37(2)48(57-49)33-53(45)58-51)26-27-55(63)61(7)28-18-29-64-30-19-31-65(42-20-12-9-13-21-42,43-22-14-10-15-23-43)44-24-16-11-17-25-44/h9-17,20-25,32-35,39,46,57,59,62,65H,8,18-19,26-31,36H2,1-7H3/t39-,46-/m0/s1. The van der Waals surface area contributed by atoms with E-state index in [-0.39, 0.29) is 24.3 Å². The minimum Gasteiger partial charge on any atom is -0.392 e. The summed E-state index contributed by atoms with van der Waals surface area (Å²) in [5, 5.41) is 14.8. The Bertz CT molecular complexity index is 2740. The molecule has 8 rings (SSSR count). The number of nitrogens with zero attached hydrogens (tertiary/aromatic N) is 3. The molecule has 0 fully saturated rings. The topological polar surface area (TPSA) is 107 Å². The van der Waals surface area contributed by atoms with Gasteiger partial charge >= 0.3 is 199 Å². The number of hydrogen-bond donors (Lipinski definition) is 3. The number of aromatic nitrogens is 4. The molecular formula is C56H66N5O3P. The van der Waals surface area contributed by atoms with E-state index in [4.69, 9.17) is 14.7 Å². The molecule has 3 aromatic carbocycles. The van der Waals surface area contributed by atoms with Gasteiger partial charge in [0.1, 0.15) is 0 Å². The van der Waals surface area contributed by atoms with Crippen LogP contribution in [0.25, 0.3) is 33.2 Å². The Kier molecular flexibility index (Phi) is 14.3. The Morgan fingerprint density at radius 2 is 1.32 bits per heavy atom. The second-order valence-electron chi connectivity index (χ2n) is 18.1. The molecule has 3 N–H and O–H groups in total. The molecule has 1 amide bonds. The molecule has 0 radical (unpaired) electrons. The van der Waals surface area contributed by atoms with Gasteiger partial charge in [-0.25, -0.2) is 4.98 Å². The predicted molar refractivity (Wildman–Crippen MR) is 273 cm³/mol. The summed E-state index contributed by atoms with van der Waals surface area (Å²) in [5.74, 6) is 0.273. The van der Waals surface area contributed by atoms with E-state index in [2.05, 4.69) is 167 Å². The molecule has 0 unspecified atom stereocenters. The number of H-pyrrole nitrogens is 2. The number of aryl methyl sites for hydroxylation is 3. The number of nitrogens with one attached hydrogen (secondary N) is 2. The largest absolute Gasteiger partial charge is 0.392 e. The normalized spacial score (nSPS) is 15.4. The molecule has 9 heteroatoms. The molecule has 0 aliphatic carbocycles. The van der Waals surface area contributed by atoms with Crippen LogP contribution in [0.2, 0.25) is 0 Å². The molecule has 3 aromatic heterocycles. The molecule has 2 atom stereocenters. The number of aliphatic hydroxyl groups excluding tert-OH is 1. The Morgan fingerprint density at radius 1 is 0.738 bits per heavy atom. The summed E-state index contributed by atoms with van der Waals surface area (Å²) < 4.78 is 6.28. The van der Waals surface area contributed by atoms with Crippen molar-refractivity contribution in [3.8, 4) is 0 Å². The summed E-state index contributed by atoms with van der Waals surface area (Å²) >= 11 is 0. The quantitative estimate of drug-likeness (QED) is 0.0663. The van der Waals surface area contributed by atoms with Crippen LogP contribution < -0.4 is 15.9 Å². The van der Waals surface area contributed by atoms with Crippen molar-refractivity contribution in [2.24, 2.45) is 0 Å². The first-order valence-corrected chi connectivity index (χ1v) is 25.7. The van der Waals surface area contributed by atoms with Gasteiger partial charge in [0, 0.05) is 44.9 Å². The number of allylic oxidation sites excluding steroid dienone is 2. The monoisotopic (exact) mass is 887 g/mol. The molecule has 0 saturated heterocycles. The third kappa shape index (κ3) is 9.40. The van der Waals surface area contributed by atoms with E-state index in [9.17, 15) is 9.90 Å². The second-order valence-corrected chi connectivity index (χ2v) is 22.2. The van der Waals surface area contributed by atoms with Gasteiger partial charge in [0.25, 0.3) is 0 Å². The van der Waals surface area contributed by atoms with Gasteiger partial charge in [0.2, 0.25) is 0 Å². The first-order valence-electron chi connectivity index (χ1n) is 23.5. The number of aromatic amines is 2. The third-order valence-corrected chi connectivity index (χ3v) is 19.3. The van der Waals surface area contributed by atoms with Gasteiger partial charge in [0.15, 0.2) is 0 Å². The first kappa shape index (κ1) is 45.9. The molecule has 2 aliphatic heterocycles. The van der Waals surface area contributed by atoms with Crippen molar-refractivity contribution in [2.75, 3.05) is 33.0 Å². The van der Waals surface area contributed by atoms with Gasteiger partial charge in [-0.05, 0) is 86.2 Å². The zero-order valence-corrected chi connectivity index (χ0v) is 40.3. The van der Waals surface area contributed by atoms with E-state index in [1.54, 1.807) is 0 Å². The fraction of sp³-hybridized carbons (Fsp3) is 0.339. The number of fused-ring (bicyclic) bond motifs is 8. The van der Waals surface area contributed by atoms with Gasteiger partial charge in [-0.1, -0.05) is 13.8 Å². The van der Waals surface area contributed by atoms with Crippen molar-refractivity contribution in [1.29, 1.82) is 0 Å². The van der Waals surface area contributed by atoms with Crippen molar-refractivity contribution >= 4 is 62.3 Å². The Morgan fingerprint density at radius 3 is 1.94 bits per heavy atom. The smallest absolute Gasteiger partial charge is 0.0705 e. The molecule has 8 bridgehead atoms. The SMILES string of the molecule is CCC1=C(C)c2cc3[nH]c(cc4nc(c(C)c5cc(C)c(cc1n2)[nH]5)[C@@H](CCC(=O)N(C)CCCOCCC[PH](c1ccccc1)(c1ccccc1)c1ccccc1)[C@@H]4C)c(C)c3CO. The number of rotatable bonds is 16. The molecule has 338 valence electrons. The Hall–Kier alpha value is -5.66. The van der Waals surface area contributed by atoms with Gasteiger partial charge in [-0.3, -0.25) is 4.98 Å². The van der Waals surface area contributed by atoms with Crippen LogP contribution in [0, 0.1) is 20.8 Å². The van der Waals surface area contributed by atoms with E-state index in [0.29, 0.717) is 32.6 Å². The number of benzene rings is 3. The molecule has 0 saturated carbocycles. The number of ether oxygens (including phenoxy) is 1. The average molecular weight is 888 g/mol. The van der Waals surface area contributed by atoms with E-state index in [1.807, 2.05) is 11.9 Å². The Balaban J connectivity index is 0.954. The van der Waals surface area contributed by atoms with Crippen LogP contribution >= 0.6 is 7.26 Å². The maximum Gasteiger partial charge on any atom is 0.0705 e. The van der Waals surface area contributed by atoms with Crippen molar-refractivity contribution < 1.29 is 14.6 Å². The van der Waals surface area contributed by atoms with Gasteiger partial charge in [0.05, 0.1) is 18.0 Å². The van der Waals surface area contributed by atoms with E-state index >= 15 is 0 Å². The van der Waals surface area contributed by atoms with Crippen molar-refractivity contribution in [3.05, 3.63) is 160 Å². The van der Waals surface area contributed by atoms with Gasteiger partial charge < -0.3 is 15.1 Å². The maximum absolute atomic E-state index is 13.8. The summed E-state index contributed by atoms with van der Waals surface area (Å²) in [4.78, 5) is 33.5. The zero-order chi connectivity index (χ0) is 45.7. The summed E-state index contributed by atoms with van der Waals surface area (Å²) in [6.45, 7) is 14.7. The number of carbonyl (C=O) groups is 1. The average Bonchev–Trinajstić information content (AvgIpc) is 4.04. The van der Waals surface area contributed by atoms with Crippen molar-refractivity contribution in [1.82, 2.24) is 24.8 Å². The molecular weight excluding hydrogens is 822 g/mol. The molecule has 8 nitrogen and oxygen atoms in total. The van der Waals surface area contributed by atoms with Crippen molar-refractivity contribution in [3.63, 3.8) is 0 Å². The minimum absolute atomic E-state index is 0.0545. The minimum atomic E-state index is -2.29. The van der Waals surface area contributed by atoms with Crippen LogP contribution in [0.4, 0.5) is 0 Å². The zero-order valence-electron chi connectivity index (χ0n) is 39.3. The third-order valence-electron chi connectivity index (χ3n) is 14.2. The van der Waals surface area contributed by atoms with Crippen LogP contribution in [-0.2, 0) is 16.1 Å². The van der Waals surface area contributed by atoms with Gasteiger partial charge in [-0.2, -0.15) is 0 Å². The fourth-order valence-electron chi connectivity index (χ4n) is 10.3. The first-order chi connectivity index (χ1) is 31.5. The van der Waals surface area contributed by atoms with Crippen LogP contribution in [0.1, 0.15) is 110 Å². The van der Waals surface area contributed by atoms with Crippen LogP contribution in [0.15, 0.2) is 115 Å². The fourth-order valence-corrected chi connectivity index (χ4v) is 15.1. The number of carbonyl (C=O) groups excluding carboxylic acids is 1. The predicted octanol–water partition coefficient (Wildman–Crippen LogP) is 10.7. The number of hydrogen-bond acceptors (Lipinski definition) is 5. The summed E-state index contributed by atoms with van der Waals surface area (Å²) in [6.07, 6.45) is 4.77. The van der Waals surface area contributed by atoms with Crippen LogP contribution in [0.5, 0.6) is 0 Å². The molecule has 6 aromatic rings.